The number of benzene rings is 1. The molecule has 1 aromatic heterocycles. The van der Waals surface area contributed by atoms with E-state index in [1.807, 2.05) is 31.2 Å². The summed E-state index contributed by atoms with van der Waals surface area (Å²) in [5.74, 6) is 0.759. The molecule has 96 valence electrons. The second-order valence-electron chi connectivity index (χ2n) is 3.75. The first-order valence-electron chi connectivity index (χ1n) is 4.97. The van der Waals surface area contributed by atoms with E-state index in [2.05, 4.69) is 0 Å². The van der Waals surface area contributed by atoms with Crippen LogP contribution in [0.15, 0.2) is 34.7 Å². The van der Waals surface area contributed by atoms with Crippen molar-refractivity contribution in [3.63, 3.8) is 0 Å². The van der Waals surface area contributed by atoms with Gasteiger partial charge in [0, 0.05) is 10.1 Å². The Bertz CT molecular complexity index is 579. The second-order valence-corrected chi connectivity index (χ2v) is 4.19. The Hall–Kier alpha value is -0.697. The first-order chi connectivity index (χ1) is 7.58. The van der Waals surface area contributed by atoms with Crippen LogP contribution in [0.1, 0.15) is 11.3 Å². The van der Waals surface area contributed by atoms with Crippen LogP contribution in [0.5, 0.6) is 5.75 Å². The molecule has 2 nitrogen and oxygen atoms in total. The van der Waals surface area contributed by atoms with Gasteiger partial charge in [0.25, 0.3) is 0 Å². The van der Waals surface area contributed by atoms with Crippen LogP contribution in [-0.4, -0.2) is 0 Å². The van der Waals surface area contributed by atoms with Crippen molar-refractivity contribution in [3.8, 4) is 17.1 Å². The molecular weight excluding hydrogens is 357 g/mol. The van der Waals surface area contributed by atoms with Gasteiger partial charge in [-0.2, -0.15) is 0 Å². The van der Waals surface area contributed by atoms with E-state index in [1.165, 1.54) is 0 Å². The Morgan fingerprint density at radius 2 is 1.67 bits per heavy atom. The van der Waals surface area contributed by atoms with Gasteiger partial charge in [-0.15, -0.1) is 0 Å². The summed E-state index contributed by atoms with van der Waals surface area (Å²) in [4.78, 5) is 0. The van der Waals surface area contributed by atoms with Crippen LogP contribution in [-0.2, 0) is 19.5 Å². The maximum absolute atomic E-state index is 11.8. The summed E-state index contributed by atoms with van der Waals surface area (Å²) < 4.78 is 5.74. The molecular formula is C13H11ClO2RuS. The van der Waals surface area contributed by atoms with Crippen LogP contribution in [0.4, 0.5) is 0 Å². The molecule has 2 rings (SSSR count). The zero-order valence-corrected chi connectivity index (χ0v) is 13.2. The topological polar surface area (TPSA) is 36.2 Å². The monoisotopic (exact) mass is 368 g/mol. The SMILES string of the molecule is Cc1ccc(-c2oc(C)cc(=S)c2[O-])cc1.[Cl-].[Ru+2]. The van der Waals surface area contributed by atoms with Gasteiger partial charge in [0.2, 0.25) is 0 Å². The van der Waals surface area contributed by atoms with Gasteiger partial charge in [-0.1, -0.05) is 42.0 Å². The van der Waals surface area contributed by atoms with Crippen molar-refractivity contribution in [1.82, 2.24) is 0 Å². The van der Waals surface area contributed by atoms with Crippen molar-refractivity contribution in [2.75, 3.05) is 0 Å². The molecule has 0 spiro atoms. The quantitative estimate of drug-likeness (QED) is 0.540. The average Bonchev–Trinajstić information content (AvgIpc) is 2.25. The number of hydrogen-bond donors (Lipinski definition) is 0. The molecule has 0 aliphatic heterocycles. The molecule has 2 aromatic rings. The standard InChI is InChI=1S/C13H12O2S.ClH.Ru/c1-8-3-5-10(6-4-8)13-12(14)11(16)7-9(2)15-13;;/h3-7,14H,1-2H3;1H;/q;;+2/p-2. The molecule has 0 bridgehead atoms. The van der Waals surface area contributed by atoms with Gasteiger partial charge in [-0.25, -0.2) is 0 Å². The minimum atomic E-state index is -0.218. The number of rotatable bonds is 1. The smallest absolute Gasteiger partial charge is 1.00 e. The zero-order chi connectivity index (χ0) is 11.7. The predicted molar refractivity (Wildman–Crippen MR) is 63.9 cm³/mol. The van der Waals surface area contributed by atoms with Crippen LogP contribution in [0.3, 0.4) is 0 Å². The van der Waals surface area contributed by atoms with Gasteiger partial charge < -0.3 is 21.9 Å². The summed E-state index contributed by atoms with van der Waals surface area (Å²) in [6, 6.07) is 9.19. The molecule has 0 amide bonds. The summed E-state index contributed by atoms with van der Waals surface area (Å²) in [6.45, 7) is 3.78. The molecule has 0 N–H and O–H groups in total. The Balaban J connectivity index is 0.00000144. The zero-order valence-electron chi connectivity index (χ0n) is 9.84. The molecule has 0 radical (unpaired) electrons. The fourth-order valence-corrected chi connectivity index (χ4v) is 1.75. The average molecular weight is 368 g/mol. The normalized spacial score (nSPS) is 9.22. The molecule has 0 atom stereocenters. The fourth-order valence-electron chi connectivity index (χ4n) is 1.49. The molecule has 0 saturated carbocycles. The molecule has 0 saturated heterocycles. The maximum Gasteiger partial charge on any atom is 2.00 e. The van der Waals surface area contributed by atoms with Gasteiger partial charge in [0.15, 0.2) is 0 Å². The first kappa shape index (κ1) is 17.3. The maximum atomic E-state index is 11.8. The Morgan fingerprint density at radius 3 is 2.22 bits per heavy atom. The molecule has 0 unspecified atom stereocenters. The van der Waals surface area contributed by atoms with Gasteiger partial charge in [-0.3, -0.25) is 0 Å². The Morgan fingerprint density at radius 1 is 1.11 bits per heavy atom. The summed E-state index contributed by atoms with van der Waals surface area (Å²) in [6.07, 6.45) is 0. The number of halogens is 1. The predicted octanol–water partition coefficient (Wildman–Crippen LogP) is 0.368. The van der Waals surface area contributed by atoms with Gasteiger partial charge >= 0.3 is 19.5 Å². The van der Waals surface area contributed by atoms with Crippen molar-refractivity contribution in [3.05, 3.63) is 46.2 Å². The van der Waals surface area contributed by atoms with Crippen LogP contribution >= 0.6 is 12.2 Å². The van der Waals surface area contributed by atoms with E-state index in [-0.39, 0.29) is 37.6 Å². The van der Waals surface area contributed by atoms with E-state index in [9.17, 15) is 5.11 Å². The van der Waals surface area contributed by atoms with Gasteiger partial charge in [0.1, 0.15) is 11.5 Å². The van der Waals surface area contributed by atoms with Crippen molar-refractivity contribution in [1.29, 1.82) is 0 Å². The third-order valence-corrected chi connectivity index (χ3v) is 2.64. The van der Waals surface area contributed by atoms with E-state index >= 15 is 0 Å². The van der Waals surface area contributed by atoms with Gasteiger partial charge in [-0.05, 0) is 25.7 Å². The molecule has 0 aliphatic carbocycles. The fraction of sp³-hybridized carbons (Fsp3) is 0.154. The largest absolute Gasteiger partial charge is 2.00 e. The molecule has 18 heavy (non-hydrogen) atoms. The third-order valence-electron chi connectivity index (χ3n) is 2.34. The van der Waals surface area contributed by atoms with E-state index in [1.54, 1.807) is 13.0 Å². The first-order valence-corrected chi connectivity index (χ1v) is 5.37. The molecule has 0 aliphatic rings. The molecule has 0 fully saturated rings. The van der Waals surface area contributed by atoms with E-state index in [0.717, 1.165) is 11.1 Å². The summed E-state index contributed by atoms with van der Waals surface area (Å²) in [5, 5.41) is 11.8. The van der Waals surface area contributed by atoms with Crippen molar-refractivity contribution in [2.45, 2.75) is 13.8 Å². The van der Waals surface area contributed by atoms with E-state index < -0.39 is 0 Å². The minimum Gasteiger partial charge on any atom is -1.00 e. The molecule has 1 aromatic carbocycles. The van der Waals surface area contributed by atoms with Crippen molar-refractivity contribution in [2.24, 2.45) is 0 Å². The summed E-state index contributed by atoms with van der Waals surface area (Å²) in [7, 11) is 0. The van der Waals surface area contributed by atoms with Crippen molar-refractivity contribution >= 4 is 12.2 Å². The van der Waals surface area contributed by atoms with Crippen LogP contribution in [0.25, 0.3) is 11.3 Å². The van der Waals surface area contributed by atoms with E-state index in [4.69, 9.17) is 16.6 Å². The summed E-state index contributed by atoms with van der Waals surface area (Å²) in [5.41, 5.74) is 1.91. The number of aryl methyl sites for hydroxylation is 2. The molecule has 1 heterocycles. The number of hydrogen-bond acceptors (Lipinski definition) is 3. The van der Waals surface area contributed by atoms with Crippen LogP contribution < -0.4 is 17.5 Å². The van der Waals surface area contributed by atoms with Gasteiger partial charge in [0.05, 0.1) is 0 Å². The van der Waals surface area contributed by atoms with Crippen molar-refractivity contribution < 1.29 is 41.4 Å². The summed E-state index contributed by atoms with van der Waals surface area (Å²) >= 11 is 4.98. The molecule has 5 heteroatoms. The Kier molecular flexibility index (Phi) is 6.76. The van der Waals surface area contributed by atoms with E-state index in [0.29, 0.717) is 16.0 Å². The second kappa shape index (κ2) is 7.03. The minimum absolute atomic E-state index is 0. The van der Waals surface area contributed by atoms with Crippen LogP contribution in [0.2, 0.25) is 0 Å². The third kappa shape index (κ3) is 3.65. The Labute approximate surface area is 130 Å². The van der Waals surface area contributed by atoms with Crippen LogP contribution in [0, 0.1) is 18.4 Å².